The number of benzene rings is 2. The Morgan fingerprint density at radius 3 is 2.38 bits per heavy atom. The molecule has 2 aromatic carbocycles. The minimum Gasteiger partial charge on any atom is -0.494 e. The van der Waals surface area contributed by atoms with Crippen LogP contribution in [0.1, 0.15) is 51.0 Å². The normalized spacial score (nSPS) is 11.7. The van der Waals surface area contributed by atoms with Crippen LogP contribution in [0.5, 0.6) is 5.75 Å². The second kappa shape index (κ2) is 11.4. The maximum atomic E-state index is 5.89. The van der Waals surface area contributed by atoms with Crippen molar-refractivity contribution in [1.29, 1.82) is 0 Å². The van der Waals surface area contributed by atoms with E-state index in [1.54, 1.807) is 0 Å². The molecule has 29 heavy (non-hydrogen) atoms. The molecule has 0 radical (unpaired) electrons. The maximum absolute atomic E-state index is 5.89. The molecule has 1 heterocycles. The third kappa shape index (κ3) is 6.75. The van der Waals surface area contributed by atoms with Crippen LogP contribution in [0.3, 0.4) is 0 Å². The van der Waals surface area contributed by atoms with E-state index >= 15 is 0 Å². The molecular weight excluding hydrogens is 360 g/mol. The summed E-state index contributed by atoms with van der Waals surface area (Å²) in [5, 5.41) is 0. The maximum Gasteiger partial charge on any atom is 0.220 e. The number of fused-ring (bicyclic) bond motifs is 1. The second-order valence-electron chi connectivity index (χ2n) is 7.32. The van der Waals surface area contributed by atoms with Crippen LogP contribution in [0, 0.1) is 0 Å². The molecule has 0 bridgehead atoms. The lowest BCUT2D eigenvalue weighted by atomic mass is 10.2. The molecule has 3 aromatic rings. The van der Waals surface area contributed by atoms with Gasteiger partial charge in [-0.15, -0.1) is 0 Å². The summed E-state index contributed by atoms with van der Waals surface area (Å²) < 4.78 is 11.6. The first kappa shape index (κ1) is 21.1. The molecule has 0 atom stereocenters. The predicted octanol–water partition coefficient (Wildman–Crippen LogP) is 6.28. The van der Waals surface area contributed by atoms with Crippen LogP contribution < -0.4 is 4.74 Å². The summed E-state index contributed by atoms with van der Waals surface area (Å²) in [6.07, 6.45) is 8.63. The van der Waals surface area contributed by atoms with E-state index in [1.165, 1.54) is 38.9 Å². The van der Waals surface area contributed by atoms with Crippen LogP contribution in [0.4, 0.5) is 0 Å². The Bertz CT molecular complexity index is 844. The summed E-state index contributed by atoms with van der Waals surface area (Å²) >= 11 is 0. The van der Waals surface area contributed by atoms with Crippen LogP contribution in [0.2, 0.25) is 0 Å². The van der Waals surface area contributed by atoms with E-state index in [1.807, 2.05) is 48.6 Å². The molecule has 0 saturated carbocycles. The van der Waals surface area contributed by atoms with Gasteiger partial charge in [-0.25, -0.2) is 4.98 Å². The van der Waals surface area contributed by atoms with E-state index in [0.717, 1.165) is 35.4 Å². The minimum absolute atomic E-state index is 0.617. The van der Waals surface area contributed by atoms with Gasteiger partial charge in [-0.1, -0.05) is 38.1 Å². The van der Waals surface area contributed by atoms with E-state index in [0.29, 0.717) is 5.89 Å². The molecule has 4 heteroatoms. The number of para-hydroxylation sites is 2. The smallest absolute Gasteiger partial charge is 0.220 e. The summed E-state index contributed by atoms with van der Waals surface area (Å²) in [4.78, 5) is 7.01. The number of unbranched alkanes of at least 4 members (excludes halogenated alkanes) is 1. The Hall–Kier alpha value is -2.59. The van der Waals surface area contributed by atoms with Gasteiger partial charge in [-0.05, 0) is 81.2 Å². The van der Waals surface area contributed by atoms with E-state index < -0.39 is 0 Å². The zero-order chi connectivity index (χ0) is 20.3. The molecule has 0 N–H and O–H groups in total. The standard InChI is InChI=1S/C25H32N2O2/c1-3-17-27(18-4-2)19-7-8-20-28-22-14-11-21(12-15-22)13-16-25-26-23-9-5-6-10-24(23)29-25/h5-6,9-16H,3-4,7-8,17-20H2,1-2H3/b16-13+. The summed E-state index contributed by atoms with van der Waals surface area (Å²) in [5.74, 6) is 1.54. The van der Waals surface area contributed by atoms with Crippen molar-refractivity contribution in [3.05, 3.63) is 60.0 Å². The molecule has 3 rings (SSSR count). The lowest BCUT2D eigenvalue weighted by Gasteiger charge is -2.20. The van der Waals surface area contributed by atoms with Gasteiger partial charge in [0, 0.05) is 6.08 Å². The van der Waals surface area contributed by atoms with Gasteiger partial charge >= 0.3 is 0 Å². The summed E-state index contributed by atoms with van der Waals surface area (Å²) in [6.45, 7) is 8.84. The highest BCUT2D eigenvalue weighted by Gasteiger charge is 2.03. The molecule has 0 aliphatic rings. The molecule has 0 saturated heterocycles. The summed E-state index contributed by atoms with van der Waals surface area (Å²) in [6, 6.07) is 15.9. The van der Waals surface area contributed by atoms with Crippen molar-refractivity contribution in [3.8, 4) is 5.75 Å². The zero-order valence-electron chi connectivity index (χ0n) is 17.6. The summed E-state index contributed by atoms with van der Waals surface area (Å²) in [7, 11) is 0. The van der Waals surface area contributed by atoms with Gasteiger partial charge in [0.05, 0.1) is 6.61 Å². The minimum atomic E-state index is 0.617. The fraction of sp³-hybridized carbons (Fsp3) is 0.400. The van der Waals surface area contributed by atoms with E-state index in [4.69, 9.17) is 9.15 Å². The highest BCUT2D eigenvalue weighted by atomic mass is 16.5. The first-order valence-corrected chi connectivity index (χ1v) is 10.8. The number of hydrogen-bond donors (Lipinski definition) is 0. The molecule has 0 amide bonds. The number of oxazole rings is 1. The van der Waals surface area contributed by atoms with E-state index in [9.17, 15) is 0 Å². The van der Waals surface area contributed by atoms with Crippen LogP contribution >= 0.6 is 0 Å². The molecular formula is C25H32N2O2. The van der Waals surface area contributed by atoms with Crippen molar-refractivity contribution >= 4 is 23.3 Å². The average Bonchev–Trinajstić information content (AvgIpc) is 3.16. The number of hydrogen-bond acceptors (Lipinski definition) is 4. The van der Waals surface area contributed by atoms with Gasteiger partial charge < -0.3 is 14.1 Å². The van der Waals surface area contributed by atoms with Crippen LogP contribution in [0.15, 0.2) is 52.9 Å². The zero-order valence-corrected chi connectivity index (χ0v) is 17.6. The van der Waals surface area contributed by atoms with Gasteiger partial charge in [-0.2, -0.15) is 0 Å². The number of ether oxygens (including phenoxy) is 1. The van der Waals surface area contributed by atoms with Crippen LogP contribution in [0.25, 0.3) is 23.3 Å². The molecule has 154 valence electrons. The van der Waals surface area contributed by atoms with Gasteiger partial charge in [0.2, 0.25) is 5.89 Å². The number of aromatic nitrogens is 1. The third-order valence-corrected chi connectivity index (χ3v) is 4.83. The average molecular weight is 393 g/mol. The molecule has 1 aromatic heterocycles. The predicted molar refractivity (Wildman–Crippen MR) is 121 cm³/mol. The Morgan fingerprint density at radius 2 is 1.66 bits per heavy atom. The van der Waals surface area contributed by atoms with Crippen molar-refractivity contribution in [1.82, 2.24) is 9.88 Å². The quantitative estimate of drug-likeness (QED) is 0.340. The Kier molecular flexibility index (Phi) is 8.32. The lowest BCUT2D eigenvalue weighted by Crippen LogP contribution is -2.26. The van der Waals surface area contributed by atoms with Gasteiger partial charge in [-0.3, -0.25) is 0 Å². The SMILES string of the molecule is CCCN(CCC)CCCCOc1ccc(/C=C/c2nc3ccccc3o2)cc1. The largest absolute Gasteiger partial charge is 0.494 e. The Balaban J connectivity index is 1.41. The molecule has 0 fully saturated rings. The van der Waals surface area contributed by atoms with Crippen LogP contribution in [-0.4, -0.2) is 36.1 Å². The number of nitrogens with zero attached hydrogens (tertiary/aromatic N) is 2. The fourth-order valence-electron chi connectivity index (χ4n) is 3.40. The molecule has 0 aliphatic carbocycles. The molecule has 0 spiro atoms. The van der Waals surface area contributed by atoms with E-state index in [2.05, 4.69) is 35.9 Å². The van der Waals surface area contributed by atoms with Gasteiger partial charge in [0.15, 0.2) is 5.58 Å². The highest BCUT2D eigenvalue weighted by Crippen LogP contribution is 2.18. The molecule has 4 nitrogen and oxygen atoms in total. The lowest BCUT2D eigenvalue weighted by molar-refractivity contribution is 0.250. The van der Waals surface area contributed by atoms with Gasteiger partial charge in [0.1, 0.15) is 11.3 Å². The van der Waals surface area contributed by atoms with Crippen molar-refractivity contribution in [3.63, 3.8) is 0 Å². The summed E-state index contributed by atoms with van der Waals surface area (Å²) in [5.41, 5.74) is 2.78. The topological polar surface area (TPSA) is 38.5 Å². The monoisotopic (exact) mass is 392 g/mol. The second-order valence-corrected chi connectivity index (χ2v) is 7.32. The molecule has 0 aliphatic heterocycles. The fourth-order valence-corrected chi connectivity index (χ4v) is 3.40. The van der Waals surface area contributed by atoms with Crippen molar-refractivity contribution in [2.75, 3.05) is 26.2 Å². The third-order valence-electron chi connectivity index (χ3n) is 4.83. The number of rotatable bonds is 12. The first-order chi connectivity index (χ1) is 14.3. The Labute approximate surface area is 174 Å². The van der Waals surface area contributed by atoms with Crippen molar-refractivity contribution < 1.29 is 9.15 Å². The molecule has 0 unspecified atom stereocenters. The Morgan fingerprint density at radius 1 is 0.897 bits per heavy atom. The van der Waals surface area contributed by atoms with Crippen LogP contribution in [-0.2, 0) is 0 Å². The first-order valence-electron chi connectivity index (χ1n) is 10.8. The van der Waals surface area contributed by atoms with Crippen molar-refractivity contribution in [2.45, 2.75) is 39.5 Å². The highest BCUT2D eigenvalue weighted by molar-refractivity contribution is 5.75. The van der Waals surface area contributed by atoms with E-state index in [-0.39, 0.29) is 0 Å². The van der Waals surface area contributed by atoms with Crippen molar-refractivity contribution in [2.24, 2.45) is 0 Å². The van der Waals surface area contributed by atoms with Gasteiger partial charge in [0.25, 0.3) is 0 Å².